The van der Waals surface area contributed by atoms with Gasteiger partial charge in [0, 0.05) is 13.8 Å². The molecule has 4 nitrogen and oxygen atoms in total. The van der Waals surface area contributed by atoms with Crippen molar-refractivity contribution in [3.63, 3.8) is 0 Å². The molecule has 0 bridgehead atoms. The zero-order chi connectivity index (χ0) is 30.2. The van der Waals surface area contributed by atoms with Crippen molar-refractivity contribution in [3.05, 3.63) is 24.3 Å². The Hall–Kier alpha value is -1.86. The maximum absolute atomic E-state index is 11.8. The lowest BCUT2D eigenvalue weighted by Gasteiger charge is -2.03. The molecule has 0 saturated heterocycles. The number of hydrogen-bond acceptors (Lipinski definition) is 4. The summed E-state index contributed by atoms with van der Waals surface area (Å²) in [4.78, 5) is 21.0. The number of unbranched alkanes of at least 4 members (excludes halogenated alkanes) is 16. The number of allylic oxidation sites excluding steroid dienone is 4. The van der Waals surface area contributed by atoms with Crippen molar-refractivity contribution < 1.29 is 36.6 Å². The minimum Gasteiger partial charge on any atom is -0.466 e. The predicted molar refractivity (Wildman–Crippen MR) is 156 cm³/mol. The summed E-state index contributed by atoms with van der Waals surface area (Å²) in [5, 5.41) is 0. The van der Waals surface area contributed by atoms with Crippen molar-refractivity contribution in [1.29, 1.82) is 0 Å². The molecule has 0 aromatic rings. The summed E-state index contributed by atoms with van der Waals surface area (Å²) in [5.41, 5.74) is 0. The number of esters is 2. The third kappa shape index (κ3) is 43.2. The van der Waals surface area contributed by atoms with Crippen molar-refractivity contribution in [1.82, 2.24) is 0 Å². The average molecular weight is 581 g/mol. The molecule has 0 rings (SSSR count). The fraction of sp³-hybridized carbons (Fsp3) is 0.812. The highest BCUT2D eigenvalue weighted by Gasteiger charge is 2.24. The standard InChI is InChI=1S/C16H27F3O2.C16H29FO2/c1-15(20)21-14-12-10-8-6-4-2-3-5-7-9-11-13-16(17,18)19;1-16(18)19-15-13-11-9-7-5-3-2-4-6-8-10-12-14-17/h9,11H,2-8,10,12-14H2,1H3;8,10H,2-7,9,11-15H2,1H3. The summed E-state index contributed by atoms with van der Waals surface area (Å²) in [7, 11) is 0. The van der Waals surface area contributed by atoms with Gasteiger partial charge in [0.1, 0.15) is 0 Å². The first kappa shape index (κ1) is 40.3. The molecule has 0 aliphatic carbocycles. The molecule has 0 unspecified atom stereocenters. The SMILES string of the molecule is CC(=O)OCCCCCCCCCCC=CCC(F)(F)F.CC(=O)OCCCCCCCCCCC=CCCF. The molecule has 0 amide bonds. The van der Waals surface area contributed by atoms with E-state index >= 15 is 0 Å². The minimum atomic E-state index is -4.08. The molecule has 0 aliphatic heterocycles. The quantitative estimate of drug-likeness (QED) is 0.0466. The first-order valence-corrected chi connectivity index (χ1v) is 15.4. The van der Waals surface area contributed by atoms with Gasteiger partial charge in [-0.25, -0.2) is 0 Å². The van der Waals surface area contributed by atoms with E-state index in [0.717, 1.165) is 64.2 Å². The van der Waals surface area contributed by atoms with Crippen LogP contribution in [0.2, 0.25) is 0 Å². The molecule has 0 aromatic heterocycles. The zero-order valence-corrected chi connectivity index (χ0v) is 25.2. The molecule has 0 N–H and O–H groups in total. The normalized spacial score (nSPS) is 11.6. The Bertz CT molecular complexity index is 619. The topological polar surface area (TPSA) is 52.6 Å². The third-order valence-corrected chi connectivity index (χ3v) is 6.10. The van der Waals surface area contributed by atoms with Crippen LogP contribution < -0.4 is 0 Å². The van der Waals surface area contributed by atoms with E-state index in [2.05, 4.69) is 6.08 Å². The van der Waals surface area contributed by atoms with E-state index in [1.165, 1.54) is 71.3 Å². The maximum atomic E-state index is 11.8. The second kappa shape index (κ2) is 31.7. The van der Waals surface area contributed by atoms with Gasteiger partial charge >= 0.3 is 18.1 Å². The van der Waals surface area contributed by atoms with Crippen molar-refractivity contribution in [2.24, 2.45) is 0 Å². The maximum Gasteiger partial charge on any atom is 0.392 e. The van der Waals surface area contributed by atoms with E-state index in [9.17, 15) is 27.2 Å². The molecule has 40 heavy (non-hydrogen) atoms. The van der Waals surface area contributed by atoms with Crippen molar-refractivity contribution in [2.45, 2.75) is 148 Å². The molecule has 0 heterocycles. The number of rotatable bonds is 25. The lowest BCUT2D eigenvalue weighted by atomic mass is 10.1. The molecule has 0 spiro atoms. The van der Waals surface area contributed by atoms with Gasteiger partial charge in [0.25, 0.3) is 0 Å². The van der Waals surface area contributed by atoms with Crippen LogP contribution in [0.15, 0.2) is 24.3 Å². The van der Waals surface area contributed by atoms with Crippen LogP contribution in [0.3, 0.4) is 0 Å². The lowest BCUT2D eigenvalue weighted by Crippen LogP contribution is -2.03. The van der Waals surface area contributed by atoms with Crippen LogP contribution in [0, 0.1) is 0 Å². The van der Waals surface area contributed by atoms with Gasteiger partial charge < -0.3 is 9.47 Å². The molecule has 0 fully saturated rings. The summed E-state index contributed by atoms with van der Waals surface area (Å²) >= 11 is 0. The molecular formula is C32H56F4O4. The number of carbonyl (C=O) groups excluding carboxylic acids is 2. The largest absolute Gasteiger partial charge is 0.466 e. The Labute approximate surface area is 241 Å². The fourth-order valence-electron chi connectivity index (χ4n) is 3.92. The summed E-state index contributed by atoms with van der Waals surface area (Å²) in [6.07, 6.45) is 22.7. The molecule has 0 aliphatic rings. The van der Waals surface area contributed by atoms with E-state index in [4.69, 9.17) is 9.47 Å². The van der Waals surface area contributed by atoms with E-state index in [0.29, 0.717) is 19.6 Å². The van der Waals surface area contributed by atoms with Gasteiger partial charge in [-0.1, -0.05) is 101 Å². The smallest absolute Gasteiger partial charge is 0.392 e. The average Bonchev–Trinajstić information content (AvgIpc) is 2.88. The molecule has 0 saturated carbocycles. The summed E-state index contributed by atoms with van der Waals surface area (Å²) in [6, 6.07) is 0. The van der Waals surface area contributed by atoms with Gasteiger partial charge in [0.15, 0.2) is 0 Å². The lowest BCUT2D eigenvalue weighted by molar-refractivity contribution is -0.142. The van der Waals surface area contributed by atoms with Crippen LogP contribution in [-0.2, 0) is 19.1 Å². The zero-order valence-electron chi connectivity index (χ0n) is 25.2. The molecule has 236 valence electrons. The second-order valence-corrected chi connectivity index (χ2v) is 10.2. The Kier molecular flexibility index (Phi) is 31.9. The van der Waals surface area contributed by atoms with Crippen LogP contribution in [-0.4, -0.2) is 38.0 Å². The summed E-state index contributed by atoms with van der Waals surface area (Å²) in [5.74, 6) is -0.403. The molecule has 0 aromatic carbocycles. The van der Waals surface area contributed by atoms with Crippen LogP contribution >= 0.6 is 0 Å². The first-order valence-electron chi connectivity index (χ1n) is 15.4. The molecular weight excluding hydrogens is 524 g/mol. The van der Waals surface area contributed by atoms with Crippen LogP contribution in [0.1, 0.15) is 142 Å². The van der Waals surface area contributed by atoms with Gasteiger partial charge in [-0.15, -0.1) is 0 Å². The highest BCUT2D eigenvalue weighted by Crippen LogP contribution is 2.20. The van der Waals surface area contributed by atoms with Crippen molar-refractivity contribution >= 4 is 11.9 Å². The first-order chi connectivity index (χ1) is 19.2. The van der Waals surface area contributed by atoms with Gasteiger partial charge in [-0.2, -0.15) is 13.2 Å². The van der Waals surface area contributed by atoms with E-state index in [1.54, 1.807) is 6.08 Å². The highest BCUT2D eigenvalue weighted by molar-refractivity contribution is 5.66. The monoisotopic (exact) mass is 580 g/mol. The highest BCUT2D eigenvalue weighted by atomic mass is 19.4. The van der Waals surface area contributed by atoms with Gasteiger partial charge in [-0.3, -0.25) is 14.0 Å². The molecule has 8 heteroatoms. The van der Waals surface area contributed by atoms with Gasteiger partial charge in [0.05, 0.1) is 26.3 Å². The third-order valence-electron chi connectivity index (χ3n) is 6.10. The summed E-state index contributed by atoms with van der Waals surface area (Å²) < 4.78 is 57.0. The van der Waals surface area contributed by atoms with Crippen molar-refractivity contribution in [2.75, 3.05) is 19.9 Å². The Balaban J connectivity index is 0. The minimum absolute atomic E-state index is 0.180. The van der Waals surface area contributed by atoms with Crippen LogP contribution in [0.5, 0.6) is 0 Å². The van der Waals surface area contributed by atoms with Crippen molar-refractivity contribution in [3.8, 4) is 0 Å². The predicted octanol–water partition coefficient (Wildman–Crippen LogP) is 10.5. The fourth-order valence-corrected chi connectivity index (χ4v) is 3.92. The number of alkyl halides is 4. The van der Waals surface area contributed by atoms with Gasteiger partial charge in [0.2, 0.25) is 0 Å². The number of ether oxygens (including phenoxy) is 2. The van der Waals surface area contributed by atoms with Crippen LogP contribution in [0.25, 0.3) is 0 Å². The van der Waals surface area contributed by atoms with E-state index in [1.807, 2.05) is 6.08 Å². The Morgan fingerprint density at radius 2 is 0.850 bits per heavy atom. The number of hydrogen-bond donors (Lipinski definition) is 0. The Morgan fingerprint density at radius 1 is 0.525 bits per heavy atom. The molecule has 0 atom stereocenters. The number of halogens is 4. The van der Waals surface area contributed by atoms with E-state index < -0.39 is 12.6 Å². The molecule has 0 radical (unpaired) electrons. The summed E-state index contributed by atoms with van der Waals surface area (Å²) in [6.45, 7) is 3.71. The van der Waals surface area contributed by atoms with Crippen LogP contribution in [0.4, 0.5) is 17.6 Å². The Morgan fingerprint density at radius 3 is 1.20 bits per heavy atom. The number of carbonyl (C=O) groups is 2. The van der Waals surface area contributed by atoms with Gasteiger partial charge in [-0.05, 0) is 44.9 Å². The van der Waals surface area contributed by atoms with E-state index in [-0.39, 0.29) is 18.6 Å². The second-order valence-electron chi connectivity index (χ2n) is 10.2.